The number of hydrogen-bond acceptors (Lipinski definition) is 3. The molecule has 0 radical (unpaired) electrons. The first kappa shape index (κ1) is 16.5. The molecule has 0 bridgehead atoms. The molecule has 1 unspecified atom stereocenters. The van der Waals surface area contributed by atoms with Crippen LogP contribution in [0.5, 0.6) is 0 Å². The number of amides is 1. The van der Waals surface area contributed by atoms with E-state index >= 15 is 0 Å². The summed E-state index contributed by atoms with van der Waals surface area (Å²) in [6.07, 6.45) is -5.22. The molecule has 1 amide bonds. The van der Waals surface area contributed by atoms with Gasteiger partial charge in [0.1, 0.15) is 5.60 Å². The number of nitrogen functional groups attached to an aromatic ring is 1. The van der Waals surface area contributed by atoms with Crippen LogP contribution in [0.4, 0.5) is 23.7 Å². The summed E-state index contributed by atoms with van der Waals surface area (Å²) < 4.78 is 45.1. The third-order valence-electron chi connectivity index (χ3n) is 3.42. The summed E-state index contributed by atoms with van der Waals surface area (Å²) in [6.45, 7) is 4.55. The maximum atomic E-state index is 13.3. The summed E-state index contributed by atoms with van der Waals surface area (Å²) in [7, 11) is 0. The standard InChI is InChI=1S/C15H19F3N2O2/c1-14(2,3)22-13(21)20-7-10-9(5-4-6-12(10)19)11(8-20)15(16,17)18/h4-6,11H,7-8,19H2,1-3H3. The van der Waals surface area contributed by atoms with E-state index in [9.17, 15) is 18.0 Å². The zero-order valence-electron chi connectivity index (χ0n) is 12.7. The smallest absolute Gasteiger partial charge is 0.410 e. The first-order valence-electron chi connectivity index (χ1n) is 6.91. The van der Waals surface area contributed by atoms with E-state index in [1.165, 1.54) is 18.2 Å². The van der Waals surface area contributed by atoms with E-state index in [1.807, 2.05) is 0 Å². The average Bonchev–Trinajstić information content (AvgIpc) is 2.35. The van der Waals surface area contributed by atoms with Crippen LogP contribution in [0.25, 0.3) is 0 Å². The minimum Gasteiger partial charge on any atom is -0.444 e. The van der Waals surface area contributed by atoms with Gasteiger partial charge in [-0.15, -0.1) is 0 Å². The highest BCUT2D eigenvalue weighted by Gasteiger charge is 2.46. The van der Waals surface area contributed by atoms with Crippen LogP contribution >= 0.6 is 0 Å². The SMILES string of the molecule is CC(C)(C)OC(=O)N1Cc2c(N)cccc2C(C(F)(F)F)C1. The zero-order chi connectivity index (χ0) is 16.7. The summed E-state index contributed by atoms with van der Waals surface area (Å²) in [4.78, 5) is 13.2. The lowest BCUT2D eigenvalue weighted by molar-refractivity contribution is -0.156. The van der Waals surface area contributed by atoms with E-state index in [0.717, 1.165) is 4.90 Å². The minimum atomic E-state index is -4.46. The van der Waals surface area contributed by atoms with E-state index in [1.54, 1.807) is 20.8 Å². The highest BCUT2D eigenvalue weighted by Crippen LogP contribution is 2.42. The van der Waals surface area contributed by atoms with Gasteiger partial charge < -0.3 is 15.4 Å². The molecule has 122 valence electrons. The van der Waals surface area contributed by atoms with Crippen molar-refractivity contribution in [3.8, 4) is 0 Å². The molecule has 7 heteroatoms. The van der Waals surface area contributed by atoms with E-state index in [2.05, 4.69) is 0 Å². The molecular weight excluding hydrogens is 297 g/mol. The van der Waals surface area contributed by atoms with Crippen molar-refractivity contribution in [3.63, 3.8) is 0 Å². The van der Waals surface area contributed by atoms with Gasteiger partial charge in [0, 0.05) is 12.2 Å². The number of nitrogens with two attached hydrogens (primary N) is 1. The molecule has 1 aliphatic rings. The fourth-order valence-corrected chi connectivity index (χ4v) is 2.45. The summed E-state index contributed by atoms with van der Waals surface area (Å²) >= 11 is 0. The normalized spacial score (nSPS) is 18.8. The Balaban J connectivity index is 2.36. The Morgan fingerprint density at radius 2 is 1.95 bits per heavy atom. The summed E-state index contributed by atoms with van der Waals surface area (Å²) in [6, 6.07) is 4.44. The van der Waals surface area contributed by atoms with Gasteiger partial charge in [-0.05, 0) is 38.0 Å². The number of anilines is 1. The van der Waals surface area contributed by atoms with Gasteiger partial charge in [-0.25, -0.2) is 4.79 Å². The molecule has 4 nitrogen and oxygen atoms in total. The fourth-order valence-electron chi connectivity index (χ4n) is 2.45. The summed E-state index contributed by atoms with van der Waals surface area (Å²) in [5.41, 5.74) is 5.74. The third kappa shape index (κ3) is 3.45. The Hall–Kier alpha value is -1.92. The number of hydrogen-bond donors (Lipinski definition) is 1. The van der Waals surface area contributed by atoms with Crippen LogP contribution in [-0.2, 0) is 11.3 Å². The van der Waals surface area contributed by atoms with Gasteiger partial charge in [-0.1, -0.05) is 12.1 Å². The topological polar surface area (TPSA) is 55.6 Å². The summed E-state index contributed by atoms with van der Waals surface area (Å²) in [5, 5.41) is 0. The average molecular weight is 316 g/mol. The second-order valence-corrected chi connectivity index (χ2v) is 6.37. The minimum absolute atomic E-state index is 0.0174. The van der Waals surface area contributed by atoms with Gasteiger partial charge in [-0.2, -0.15) is 13.2 Å². The predicted octanol–water partition coefficient (Wildman–Crippen LogP) is 3.67. The zero-order valence-corrected chi connectivity index (χ0v) is 12.7. The predicted molar refractivity (Wildman–Crippen MR) is 76.3 cm³/mol. The van der Waals surface area contributed by atoms with Crippen molar-refractivity contribution in [2.45, 2.75) is 45.0 Å². The quantitative estimate of drug-likeness (QED) is 0.743. The molecule has 1 atom stereocenters. The van der Waals surface area contributed by atoms with Crippen LogP contribution in [0, 0.1) is 0 Å². The van der Waals surface area contributed by atoms with Crippen molar-refractivity contribution in [1.29, 1.82) is 0 Å². The van der Waals surface area contributed by atoms with Gasteiger partial charge in [0.25, 0.3) is 0 Å². The van der Waals surface area contributed by atoms with Crippen LogP contribution in [0.3, 0.4) is 0 Å². The fraction of sp³-hybridized carbons (Fsp3) is 0.533. The number of ether oxygens (including phenoxy) is 1. The molecule has 0 spiro atoms. The van der Waals surface area contributed by atoms with Crippen LogP contribution in [-0.4, -0.2) is 29.3 Å². The Morgan fingerprint density at radius 1 is 1.32 bits per heavy atom. The monoisotopic (exact) mass is 316 g/mol. The Labute approximate surface area is 127 Å². The molecule has 2 N–H and O–H groups in total. The van der Waals surface area contributed by atoms with Crippen molar-refractivity contribution in [3.05, 3.63) is 29.3 Å². The van der Waals surface area contributed by atoms with E-state index in [4.69, 9.17) is 10.5 Å². The Bertz CT molecular complexity index is 579. The van der Waals surface area contributed by atoms with Crippen molar-refractivity contribution in [2.24, 2.45) is 0 Å². The van der Waals surface area contributed by atoms with Gasteiger partial charge >= 0.3 is 12.3 Å². The first-order chi connectivity index (χ1) is 9.99. The molecular formula is C15H19F3N2O2. The lowest BCUT2D eigenvalue weighted by Gasteiger charge is -2.36. The van der Waals surface area contributed by atoms with E-state index in [0.29, 0.717) is 5.56 Å². The number of halogens is 3. The lowest BCUT2D eigenvalue weighted by atomic mass is 9.88. The molecule has 1 aromatic carbocycles. The maximum Gasteiger partial charge on any atom is 0.410 e. The number of nitrogens with zero attached hydrogens (tertiary/aromatic N) is 1. The first-order valence-corrected chi connectivity index (χ1v) is 6.91. The van der Waals surface area contributed by atoms with Crippen LogP contribution in [0.2, 0.25) is 0 Å². The largest absolute Gasteiger partial charge is 0.444 e. The lowest BCUT2D eigenvalue weighted by Crippen LogP contribution is -2.45. The Kier molecular flexibility index (Phi) is 4.02. The molecule has 2 rings (SSSR count). The van der Waals surface area contributed by atoms with Crippen molar-refractivity contribution >= 4 is 11.8 Å². The highest BCUT2D eigenvalue weighted by atomic mass is 19.4. The molecule has 0 fully saturated rings. The number of carbonyl (C=O) groups is 1. The molecule has 22 heavy (non-hydrogen) atoms. The van der Waals surface area contributed by atoms with Crippen LogP contribution in [0.1, 0.15) is 37.8 Å². The third-order valence-corrected chi connectivity index (χ3v) is 3.42. The molecule has 0 saturated carbocycles. The second-order valence-electron chi connectivity index (χ2n) is 6.37. The second kappa shape index (κ2) is 5.37. The highest BCUT2D eigenvalue weighted by molar-refractivity contribution is 5.70. The molecule has 0 aromatic heterocycles. The van der Waals surface area contributed by atoms with Gasteiger partial charge in [-0.3, -0.25) is 0 Å². The van der Waals surface area contributed by atoms with E-state index < -0.39 is 30.3 Å². The van der Waals surface area contributed by atoms with E-state index in [-0.39, 0.29) is 17.8 Å². The van der Waals surface area contributed by atoms with Gasteiger partial charge in [0.15, 0.2) is 0 Å². The molecule has 1 aliphatic heterocycles. The van der Waals surface area contributed by atoms with Crippen molar-refractivity contribution < 1.29 is 22.7 Å². The van der Waals surface area contributed by atoms with Crippen LogP contribution < -0.4 is 5.73 Å². The summed E-state index contributed by atoms with van der Waals surface area (Å²) in [5.74, 6) is -1.76. The van der Waals surface area contributed by atoms with Crippen LogP contribution in [0.15, 0.2) is 18.2 Å². The molecule has 1 heterocycles. The Morgan fingerprint density at radius 3 is 2.50 bits per heavy atom. The number of rotatable bonds is 0. The van der Waals surface area contributed by atoms with Gasteiger partial charge in [0.05, 0.1) is 12.5 Å². The number of carbonyl (C=O) groups excluding carboxylic acids is 1. The van der Waals surface area contributed by atoms with Crippen molar-refractivity contribution in [2.75, 3.05) is 12.3 Å². The number of alkyl halides is 3. The number of fused-ring (bicyclic) bond motifs is 1. The molecule has 1 aromatic rings. The molecule has 0 aliphatic carbocycles. The van der Waals surface area contributed by atoms with Gasteiger partial charge in [0.2, 0.25) is 0 Å². The van der Waals surface area contributed by atoms with Crippen molar-refractivity contribution in [1.82, 2.24) is 4.90 Å². The number of benzene rings is 1. The molecule has 0 saturated heterocycles. The maximum absolute atomic E-state index is 13.3.